The van der Waals surface area contributed by atoms with E-state index in [1.165, 1.54) is 0 Å². The third-order valence-electron chi connectivity index (χ3n) is 0. The zero-order valence-electron chi connectivity index (χ0n) is 1.80. The standard InChI is InChI=1S/Al.Ce.Cu.Er.Zn.3H. The van der Waals surface area contributed by atoms with Crippen LogP contribution in [-0.2, 0) is 36.5 Å². The van der Waals surface area contributed by atoms with Gasteiger partial charge >= 0.3 is 0 Å². The van der Waals surface area contributed by atoms with E-state index in [-0.39, 0.29) is 133 Å². The molecule has 0 saturated heterocycles. The first-order valence-corrected chi connectivity index (χ1v) is 0. The second-order valence-corrected chi connectivity index (χ2v) is 0. The van der Waals surface area contributed by atoms with E-state index in [9.17, 15) is 0 Å². The summed E-state index contributed by atoms with van der Waals surface area (Å²) < 4.78 is 0. The Kier molecular flexibility index (Phi) is 166. The van der Waals surface area contributed by atoms with Crippen molar-refractivity contribution in [2.24, 2.45) is 0 Å². The van der Waals surface area contributed by atoms with Gasteiger partial charge < -0.3 is 0 Å². The predicted molar refractivity (Wildman–Crippen MR) is 9.94 cm³/mol. The van der Waals surface area contributed by atoms with E-state index >= 15 is 0 Å². The van der Waals surface area contributed by atoms with Crippen LogP contribution in [0.25, 0.3) is 0 Å². The molecule has 0 aromatic heterocycles. The Balaban J connectivity index is 0. The van der Waals surface area contributed by atoms with Gasteiger partial charge in [-0.1, -0.05) is 0 Å². The summed E-state index contributed by atoms with van der Waals surface area (Å²) in [6.07, 6.45) is 0. The summed E-state index contributed by atoms with van der Waals surface area (Å²) in [5.41, 5.74) is 0. The monoisotopic (exact) mass is 463 g/mol. The van der Waals surface area contributed by atoms with E-state index in [2.05, 4.69) is 0 Å². The number of hydrogen-bond acceptors (Lipinski definition) is 0. The van der Waals surface area contributed by atoms with Gasteiger partial charge in [0.15, 0.2) is 17.4 Å². The van der Waals surface area contributed by atoms with Gasteiger partial charge in [0, 0.05) is 116 Å². The van der Waals surface area contributed by atoms with Crippen molar-refractivity contribution in [1.29, 1.82) is 0 Å². The number of hydrogen-bond donors (Lipinski definition) is 0. The normalized spacial score (nSPS) is 0. The van der Waals surface area contributed by atoms with Gasteiger partial charge in [0.25, 0.3) is 0 Å². The van der Waals surface area contributed by atoms with Crippen LogP contribution in [0.15, 0.2) is 0 Å². The molecule has 0 rings (SSSR count). The fourth-order valence-electron chi connectivity index (χ4n) is 0. The molecule has 0 aliphatic carbocycles. The summed E-state index contributed by atoms with van der Waals surface area (Å²) in [6, 6.07) is 0. The minimum absolute atomic E-state index is 0. The van der Waals surface area contributed by atoms with E-state index in [1.807, 2.05) is 0 Å². The third kappa shape index (κ3) is 17.8. The van der Waals surface area contributed by atoms with Crippen LogP contribution in [0.2, 0.25) is 0 Å². The second kappa shape index (κ2) is 23.9. The van der Waals surface area contributed by atoms with Crippen LogP contribution in [0.5, 0.6) is 0 Å². The van der Waals surface area contributed by atoms with Crippen LogP contribution in [0, 0.1) is 79.1 Å². The molecule has 0 fully saturated rings. The van der Waals surface area contributed by atoms with E-state index in [4.69, 9.17) is 0 Å². The molecule has 0 aliphatic heterocycles. The Morgan fingerprint density at radius 3 is 1.00 bits per heavy atom. The smallest absolute Gasteiger partial charge is 0 e. The molecule has 0 saturated carbocycles. The molecule has 1 radical (unpaired) electrons. The molecule has 0 aromatic rings. The largest absolute Gasteiger partial charge is 0.187 e. The molecule has 5 heteroatoms. The van der Waals surface area contributed by atoms with E-state index < -0.39 is 0 Å². The Labute approximate surface area is 129 Å². The second-order valence-electron chi connectivity index (χ2n) is 0. The van der Waals surface area contributed by atoms with Crippen molar-refractivity contribution in [3.05, 3.63) is 0 Å². The van der Waals surface area contributed by atoms with Gasteiger partial charge in [-0.25, -0.2) is 0 Å². The number of rotatable bonds is 0. The maximum Gasteiger partial charge on any atom is 0.187 e. The first-order valence-electron chi connectivity index (χ1n) is 0. The van der Waals surface area contributed by atoms with Crippen molar-refractivity contribution in [3.8, 4) is 0 Å². The summed E-state index contributed by atoms with van der Waals surface area (Å²) in [6.45, 7) is 0. The average Bonchev–Trinajstić information content (AvgIpc) is 0. The van der Waals surface area contributed by atoms with Gasteiger partial charge in [-0.2, -0.15) is 0 Å². The van der Waals surface area contributed by atoms with Gasteiger partial charge in [0.05, 0.1) is 0 Å². The SMILES string of the molecule is [AlH3].[Ce].[Cu].[Er].[Zn]. The van der Waals surface area contributed by atoms with Crippen molar-refractivity contribution in [2.45, 2.75) is 0 Å². The van der Waals surface area contributed by atoms with Crippen LogP contribution in [-0.4, -0.2) is 17.4 Å². The Bertz CT molecular complexity index is 11.6. The summed E-state index contributed by atoms with van der Waals surface area (Å²) in [7, 11) is 0. The van der Waals surface area contributed by atoms with Crippen LogP contribution < -0.4 is 0 Å². The Morgan fingerprint density at radius 1 is 1.00 bits per heavy atom. The molecule has 0 heterocycles. The summed E-state index contributed by atoms with van der Waals surface area (Å²) >= 11 is 0. The van der Waals surface area contributed by atoms with Gasteiger partial charge in [-0.15, -0.1) is 0 Å². The molecule has 0 nitrogen and oxygen atoms in total. The zero-order chi connectivity index (χ0) is 0. The van der Waals surface area contributed by atoms with Gasteiger partial charge in [0.1, 0.15) is 0 Å². The van der Waals surface area contributed by atoms with Crippen molar-refractivity contribution >= 4 is 17.4 Å². The van der Waals surface area contributed by atoms with Crippen LogP contribution in [0.1, 0.15) is 0 Å². The zero-order valence-corrected chi connectivity index (χ0v) is 10.7. The topological polar surface area (TPSA) is 0 Å². The molecule has 0 spiro atoms. The fraction of sp³-hybridized carbons (Fsp3) is 0. The summed E-state index contributed by atoms with van der Waals surface area (Å²) in [5, 5.41) is 0. The minimum atomic E-state index is 0. The Morgan fingerprint density at radius 2 is 1.00 bits per heavy atom. The fourth-order valence-corrected chi connectivity index (χ4v) is 0. The van der Waals surface area contributed by atoms with Crippen molar-refractivity contribution < 1.29 is 116 Å². The first kappa shape index (κ1) is 34.7. The van der Waals surface area contributed by atoms with E-state index in [0.717, 1.165) is 0 Å². The molecule has 0 N–H and O–H groups in total. The van der Waals surface area contributed by atoms with Crippen LogP contribution >= 0.6 is 0 Å². The molecule has 5 heavy (non-hydrogen) atoms. The molecular weight excluding hydrogens is 463 g/mol. The van der Waals surface area contributed by atoms with Crippen molar-refractivity contribution in [1.82, 2.24) is 0 Å². The average molecular weight is 466 g/mol. The first-order chi connectivity index (χ1) is 0. The molecule has 0 bridgehead atoms. The summed E-state index contributed by atoms with van der Waals surface area (Å²) in [5.74, 6) is 0. The summed E-state index contributed by atoms with van der Waals surface area (Å²) in [4.78, 5) is 0. The molecule has 0 atom stereocenters. The molecule has 0 aromatic carbocycles. The van der Waals surface area contributed by atoms with Gasteiger partial charge in [-0.3, -0.25) is 0 Å². The van der Waals surface area contributed by atoms with E-state index in [0.29, 0.717) is 0 Å². The third-order valence-corrected chi connectivity index (χ3v) is 0. The molecule has 0 unspecified atom stereocenters. The molecule has 0 amide bonds. The van der Waals surface area contributed by atoms with Crippen molar-refractivity contribution in [2.75, 3.05) is 0 Å². The van der Waals surface area contributed by atoms with Crippen LogP contribution in [0.3, 0.4) is 0 Å². The quantitative estimate of drug-likeness (QED) is 0.395. The Hall–Kier alpha value is 4.30. The molecule has 35 valence electrons. The van der Waals surface area contributed by atoms with Gasteiger partial charge in [0.2, 0.25) is 0 Å². The molecular formula is H3AlCeCuErZn. The molecule has 0 aliphatic rings. The van der Waals surface area contributed by atoms with Crippen molar-refractivity contribution in [3.63, 3.8) is 0 Å². The maximum absolute atomic E-state index is 0. The van der Waals surface area contributed by atoms with Crippen LogP contribution in [0.4, 0.5) is 0 Å². The maximum atomic E-state index is 0. The minimum Gasteiger partial charge on any atom is 0 e. The predicted octanol–water partition coefficient (Wildman–Crippen LogP) is -1.19. The van der Waals surface area contributed by atoms with E-state index in [1.54, 1.807) is 0 Å². The van der Waals surface area contributed by atoms with Gasteiger partial charge in [-0.05, 0) is 0 Å².